The Hall–Kier alpha value is -6.44. The second kappa shape index (κ2) is 20.0. The molecule has 8 amide bonds. The van der Waals surface area contributed by atoms with Crippen molar-refractivity contribution in [3.05, 3.63) is 73.8 Å². The van der Waals surface area contributed by atoms with Crippen molar-refractivity contribution in [2.24, 2.45) is 0 Å². The number of fused-ring (bicyclic) bond motifs is 5. The zero-order valence-electron chi connectivity index (χ0n) is 36.0. The number of nitrogens with zero attached hydrogens (tertiary/aromatic N) is 3. The first kappa shape index (κ1) is 47.5. The molecule has 1 aromatic carbocycles. The van der Waals surface area contributed by atoms with Crippen LogP contribution in [0.3, 0.4) is 0 Å². The molecular formula is C43H45FN9O12Pb. The molecule has 66 heavy (non-hydrogen) atoms. The van der Waals surface area contributed by atoms with Gasteiger partial charge in [-0.2, -0.15) is 0 Å². The Morgan fingerprint density at radius 1 is 0.909 bits per heavy atom. The molecule has 4 unspecified atom stereocenters. The summed E-state index contributed by atoms with van der Waals surface area (Å²) >= 11 is 0.487. The number of esters is 1. The van der Waals surface area contributed by atoms with E-state index in [4.69, 9.17) is 14.5 Å². The number of amides is 8. The van der Waals surface area contributed by atoms with Gasteiger partial charge in [0.2, 0.25) is 0 Å². The van der Waals surface area contributed by atoms with Crippen LogP contribution in [0.25, 0.3) is 22.3 Å². The Labute approximate surface area is 391 Å². The summed E-state index contributed by atoms with van der Waals surface area (Å²) in [4.78, 5) is 131. The molecule has 0 saturated carbocycles. The smallest absolute Gasteiger partial charge is 0.269 e. The van der Waals surface area contributed by atoms with E-state index in [1.165, 1.54) is 13.0 Å². The van der Waals surface area contributed by atoms with Gasteiger partial charge in [0, 0.05) is 29.2 Å². The molecule has 2 aromatic heterocycles. The van der Waals surface area contributed by atoms with Crippen molar-refractivity contribution in [3.8, 4) is 11.4 Å². The zero-order chi connectivity index (χ0) is 47.6. The number of nitrogens with one attached hydrogen (secondary N) is 6. The quantitative estimate of drug-likeness (QED) is 0.0300. The van der Waals surface area contributed by atoms with Crippen molar-refractivity contribution in [1.29, 1.82) is 0 Å². The number of hydrogen-bond acceptors (Lipinski definition) is 13. The van der Waals surface area contributed by atoms with Gasteiger partial charge in [-0.3, -0.25) is 19.2 Å². The number of aryl methyl sites for hydroxylation is 1. The van der Waals surface area contributed by atoms with Crippen molar-refractivity contribution in [3.63, 3.8) is 0 Å². The summed E-state index contributed by atoms with van der Waals surface area (Å²) in [5, 5.41) is 15.6. The summed E-state index contributed by atoms with van der Waals surface area (Å²) < 4.78 is 28.1. The van der Waals surface area contributed by atoms with E-state index in [1.807, 2.05) is 6.92 Å². The number of halogens is 1. The van der Waals surface area contributed by atoms with Gasteiger partial charge >= 0.3 is 193 Å². The molecule has 1 aliphatic carbocycles. The van der Waals surface area contributed by atoms with Crippen LogP contribution in [0.5, 0.6) is 0 Å². The van der Waals surface area contributed by atoms with Crippen LogP contribution in [-0.2, 0) is 72.2 Å². The SMILES string of the molecule is CCC1C(=O)OCc2c1cc1n(c2=O)Cc2c-1nc1cc(F)c(C)c3c1c2C(NC(=O)C(C)OCNC(=O)CNC(=O)C([CH2][Pb])NC(=O)CNC(=O)CNC(=O)CN1C(=O)C=CC1=O)CC3. The first-order chi connectivity index (χ1) is 31.5. The van der Waals surface area contributed by atoms with Gasteiger partial charge in [0.15, 0.2) is 0 Å². The topological polar surface area (TPSA) is 282 Å². The number of pyridine rings is 2. The second-order valence-electron chi connectivity index (χ2n) is 16.0. The van der Waals surface area contributed by atoms with E-state index >= 15 is 4.39 Å². The number of hydrogen-bond donors (Lipinski definition) is 6. The Morgan fingerprint density at radius 2 is 1.59 bits per heavy atom. The average molecular weight is 1110 g/mol. The Kier molecular flexibility index (Phi) is 14.4. The molecule has 4 aliphatic rings. The molecule has 0 bridgehead atoms. The van der Waals surface area contributed by atoms with Gasteiger partial charge in [-0.05, 0) is 54.5 Å². The van der Waals surface area contributed by atoms with E-state index in [1.54, 1.807) is 17.6 Å². The van der Waals surface area contributed by atoms with Gasteiger partial charge in [0.25, 0.3) is 17.4 Å². The van der Waals surface area contributed by atoms with Crippen LogP contribution in [0.1, 0.15) is 72.0 Å². The third-order valence-corrected chi connectivity index (χ3v) is 13.4. The molecule has 0 saturated heterocycles. The predicted octanol–water partition coefficient (Wildman–Crippen LogP) is -1.65. The van der Waals surface area contributed by atoms with E-state index in [0.29, 0.717) is 100 Å². The van der Waals surface area contributed by atoms with Crippen molar-refractivity contribution in [1.82, 2.24) is 46.4 Å². The molecule has 7 rings (SSSR count). The Bertz CT molecular complexity index is 2690. The molecular weight excluding hydrogens is 1060 g/mol. The van der Waals surface area contributed by atoms with Crippen LogP contribution < -0.4 is 37.5 Å². The molecule has 3 aromatic rings. The van der Waals surface area contributed by atoms with Crippen molar-refractivity contribution in [2.75, 3.05) is 32.9 Å². The molecule has 6 N–H and O–H groups in total. The molecule has 4 atom stereocenters. The van der Waals surface area contributed by atoms with Crippen LogP contribution in [0.2, 0.25) is 3.98 Å². The average Bonchev–Trinajstić information content (AvgIpc) is 3.82. The molecule has 5 heterocycles. The maximum absolute atomic E-state index is 15.3. The standard InChI is InChI=1S/C43H45FN9O12.Pb/c1-5-22-24-10-30-39-25(15-52(30)42(62)26(24)17-64-43(22)63)38-28(7-6-23-19(2)27(44)11-29(50-39)37(23)38)51-41(61)21(4)65-18-48-32(55)13-47-40(60)20(3)49-33(56)14-45-31(54)12-46-34(57)16-53-35(58)8-9-36(53)59;/h8-11,20-22,28H,3,5-7,12-18H2,1-2,4H3,(H,45,54)(H,46,57)(H,47,60)(H,48,55)(H,49,56)(H,51,61);. The monoisotopic (exact) mass is 1110 g/mol. The third-order valence-electron chi connectivity index (χ3n) is 11.9. The van der Waals surface area contributed by atoms with Gasteiger partial charge in [-0.25, -0.2) is 9.37 Å². The number of cyclic esters (lactones) is 1. The summed E-state index contributed by atoms with van der Waals surface area (Å²) in [6.45, 7) is 2.49. The number of carbonyl (C=O) groups is 9. The fourth-order valence-electron chi connectivity index (χ4n) is 8.35. The molecule has 0 fully saturated rings. The number of benzene rings is 1. The van der Waals surface area contributed by atoms with Gasteiger partial charge in [0.05, 0.1) is 41.0 Å². The predicted molar refractivity (Wildman–Crippen MR) is 228 cm³/mol. The van der Waals surface area contributed by atoms with Crippen LogP contribution in [-0.4, -0.2) is 139 Å². The summed E-state index contributed by atoms with van der Waals surface area (Å²) in [6, 6.07) is 1.57. The summed E-state index contributed by atoms with van der Waals surface area (Å²) in [5.74, 6) is -6.82. The van der Waals surface area contributed by atoms with E-state index in [0.717, 1.165) is 17.7 Å². The van der Waals surface area contributed by atoms with E-state index < -0.39 is 116 Å². The van der Waals surface area contributed by atoms with E-state index in [2.05, 4.69) is 31.9 Å². The first-order valence-electron chi connectivity index (χ1n) is 21.1. The zero-order valence-corrected chi connectivity index (χ0v) is 39.9. The molecule has 345 valence electrons. The third kappa shape index (κ3) is 9.73. The number of imide groups is 1. The number of aromatic nitrogens is 2. The van der Waals surface area contributed by atoms with Crippen molar-refractivity contribution in [2.45, 2.75) is 81.3 Å². The second-order valence-corrected chi connectivity index (χ2v) is 17.6. The molecule has 0 spiro atoms. The minimum atomic E-state index is -1.07. The minimum absolute atomic E-state index is 0.139. The molecule has 21 nitrogen and oxygen atoms in total. The maximum atomic E-state index is 15.3. The van der Waals surface area contributed by atoms with Gasteiger partial charge in [-0.1, -0.05) is 6.92 Å². The van der Waals surface area contributed by atoms with Crippen LogP contribution in [0.4, 0.5) is 4.39 Å². The Morgan fingerprint density at radius 3 is 2.30 bits per heavy atom. The number of carbonyl (C=O) groups excluding carboxylic acids is 9. The fraction of sp³-hybridized carbons (Fsp3) is 0.419. The minimum Gasteiger partial charge on any atom is -0.269 e. The van der Waals surface area contributed by atoms with E-state index in [9.17, 15) is 47.9 Å². The molecule has 23 heteroatoms. The van der Waals surface area contributed by atoms with Crippen molar-refractivity contribution < 1.29 is 57.0 Å². The normalized spacial score (nSPS) is 17.5. The van der Waals surface area contributed by atoms with Crippen LogP contribution in [0, 0.1) is 12.7 Å². The molecule has 3 radical (unpaired) electrons. The number of rotatable bonds is 17. The molecule has 3 aliphatic heterocycles. The van der Waals surface area contributed by atoms with E-state index in [-0.39, 0.29) is 22.7 Å². The van der Waals surface area contributed by atoms with Gasteiger partial charge in [-0.15, -0.1) is 0 Å². The van der Waals surface area contributed by atoms with Crippen LogP contribution in [0.15, 0.2) is 29.1 Å². The van der Waals surface area contributed by atoms with Gasteiger partial charge < -0.3 is 9.30 Å². The summed E-state index contributed by atoms with van der Waals surface area (Å²) in [7, 11) is 0. The first-order valence-corrected chi connectivity index (χ1v) is 23.8. The Balaban J connectivity index is 0.898. The fourth-order valence-corrected chi connectivity index (χ4v) is 9.46. The van der Waals surface area contributed by atoms with Crippen LogP contribution >= 0.6 is 0 Å². The number of ether oxygens (including phenoxy) is 2. The summed E-state index contributed by atoms with van der Waals surface area (Å²) in [5.41, 5.74) is 4.66. The summed E-state index contributed by atoms with van der Waals surface area (Å²) in [6.07, 6.45) is 2.23. The van der Waals surface area contributed by atoms with Crippen molar-refractivity contribution >= 4 is 89.9 Å². The van der Waals surface area contributed by atoms with Gasteiger partial charge in [0.1, 0.15) is 12.4 Å².